The van der Waals surface area contributed by atoms with Gasteiger partial charge in [-0.1, -0.05) is 25.1 Å². The van der Waals surface area contributed by atoms with E-state index in [2.05, 4.69) is 12.2 Å². The van der Waals surface area contributed by atoms with Crippen LogP contribution in [0, 0.1) is 0 Å². The Morgan fingerprint density at radius 2 is 1.81 bits per heavy atom. The second kappa shape index (κ2) is 7.20. The second-order valence-electron chi connectivity index (χ2n) is 4.94. The van der Waals surface area contributed by atoms with Gasteiger partial charge in [-0.3, -0.25) is 0 Å². The van der Waals surface area contributed by atoms with Crippen molar-refractivity contribution in [3.63, 3.8) is 0 Å². The van der Waals surface area contributed by atoms with E-state index in [1.165, 1.54) is 4.31 Å². The van der Waals surface area contributed by atoms with Gasteiger partial charge in [0.05, 0.1) is 4.90 Å². The molecule has 0 atom stereocenters. The molecule has 1 heterocycles. The molecule has 0 unspecified atom stereocenters. The van der Waals surface area contributed by atoms with E-state index in [0.29, 0.717) is 36.2 Å². The minimum atomic E-state index is -3.39. The second-order valence-corrected chi connectivity index (χ2v) is 7.26. The zero-order chi connectivity index (χ0) is 15.3. The van der Waals surface area contributed by atoms with Crippen molar-refractivity contribution >= 4 is 27.4 Å². The van der Waals surface area contributed by atoms with Crippen LogP contribution >= 0.6 is 12.2 Å². The molecule has 7 heteroatoms. The molecule has 0 amide bonds. The van der Waals surface area contributed by atoms with Crippen LogP contribution in [0.3, 0.4) is 0 Å². The van der Waals surface area contributed by atoms with Crippen molar-refractivity contribution in [3.8, 4) is 0 Å². The van der Waals surface area contributed by atoms with Crippen LogP contribution in [0.4, 0.5) is 0 Å². The van der Waals surface area contributed by atoms with E-state index >= 15 is 0 Å². The first kappa shape index (κ1) is 16.2. The zero-order valence-electron chi connectivity index (χ0n) is 12.2. The van der Waals surface area contributed by atoms with Crippen LogP contribution < -0.4 is 5.32 Å². The Morgan fingerprint density at radius 1 is 1.19 bits per heavy atom. The topological polar surface area (TPSA) is 52.6 Å². The fourth-order valence-electron chi connectivity index (χ4n) is 2.22. The third-order valence-corrected chi connectivity index (χ3v) is 5.75. The minimum absolute atomic E-state index is 0.352. The first-order chi connectivity index (χ1) is 10.1. The average Bonchev–Trinajstić information content (AvgIpc) is 2.53. The van der Waals surface area contributed by atoms with Gasteiger partial charge in [0.15, 0.2) is 5.11 Å². The highest BCUT2D eigenvalue weighted by molar-refractivity contribution is 7.89. The summed E-state index contributed by atoms with van der Waals surface area (Å²) in [7, 11) is -3.39. The summed E-state index contributed by atoms with van der Waals surface area (Å²) in [6.07, 6.45) is 1.02. The molecule has 0 spiro atoms. The number of sulfonamides is 1. The molecule has 5 nitrogen and oxygen atoms in total. The molecule has 21 heavy (non-hydrogen) atoms. The fraction of sp³-hybridized carbons (Fsp3) is 0.500. The van der Waals surface area contributed by atoms with Crippen LogP contribution in [0.5, 0.6) is 0 Å². The van der Waals surface area contributed by atoms with E-state index < -0.39 is 10.0 Å². The van der Waals surface area contributed by atoms with Gasteiger partial charge in [-0.2, -0.15) is 4.31 Å². The normalized spacial score (nSPS) is 16.7. The molecule has 1 saturated heterocycles. The molecule has 1 aromatic carbocycles. The summed E-state index contributed by atoms with van der Waals surface area (Å²) in [6, 6.07) is 8.57. The van der Waals surface area contributed by atoms with E-state index in [0.717, 1.165) is 13.0 Å². The van der Waals surface area contributed by atoms with E-state index in [1.807, 2.05) is 11.0 Å². The fourth-order valence-corrected chi connectivity index (χ4v) is 3.94. The Bertz CT molecular complexity index is 567. The summed E-state index contributed by atoms with van der Waals surface area (Å²) in [5.74, 6) is 0. The van der Waals surface area contributed by atoms with E-state index in [4.69, 9.17) is 12.2 Å². The molecule has 116 valence electrons. The van der Waals surface area contributed by atoms with Gasteiger partial charge in [0.2, 0.25) is 10.0 Å². The van der Waals surface area contributed by atoms with E-state index in [1.54, 1.807) is 24.3 Å². The monoisotopic (exact) mass is 327 g/mol. The van der Waals surface area contributed by atoms with Gasteiger partial charge in [-0.15, -0.1) is 0 Å². The molecule has 0 bridgehead atoms. The largest absolute Gasteiger partial charge is 0.363 e. The zero-order valence-corrected chi connectivity index (χ0v) is 13.8. The van der Waals surface area contributed by atoms with Gasteiger partial charge in [0, 0.05) is 32.7 Å². The molecule has 1 aromatic rings. The summed E-state index contributed by atoms with van der Waals surface area (Å²) in [5, 5.41) is 3.89. The lowest BCUT2D eigenvalue weighted by Crippen LogP contribution is -2.53. The van der Waals surface area contributed by atoms with Crippen molar-refractivity contribution in [1.82, 2.24) is 14.5 Å². The summed E-state index contributed by atoms with van der Waals surface area (Å²) in [6.45, 7) is 5.11. The van der Waals surface area contributed by atoms with Crippen LogP contribution in [0.2, 0.25) is 0 Å². The van der Waals surface area contributed by atoms with Gasteiger partial charge >= 0.3 is 0 Å². The number of hydrogen-bond acceptors (Lipinski definition) is 3. The van der Waals surface area contributed by atoms with Crippen molar-refractivity contribution in [3.05, 3.63) is 30.3 Å². The lowest BCUT2D eigenvalue weighted by atomic mass is 10.4. The molecule has 0 aliphatic carbocycles. The highest BCUT2D eigenvalue weighted by Crippen LogP contribution is 2.17. The number of nitrogens with one attached hydrogen (secondary N) is 1. The number of hydrogen-bond donors (Lipinski definition) is 1. The highest BCUT2D eigenvalue weighted by Gasteiger charge is 2.28. The maximum Gasteiger partial charge on any atom is 0.243 e. The Hall–Kier alpha value is -1.18. The molecular weight excluding hydrogens is 306 g/mol. The van der Waals surface area contributed by atoms with Crippen LogP contribution in [-0.4, -0.2) is 55.5 Å². The van der Waals surface area contributed by atoms with Gasteiger partial charge < -0.3 is 10.2 Å². The lowest BCUT2D eigenvalue weighted by Gasteiger charge is -2.35. The Morgan fingerprint density at radius 3 is 2.38 bits per heavy atom. The number of rotatable bonds is 4. The molecule has 1 fully saturated rings. The SMILES string of the molecule is CCCNC(=S)N1CCN(S(=O)(=O)c2ccccc2)CC1. The molecule has 0 radical (unpaired) electrons. The molecule has 2 rings (SSSR count). The van der Waals surface area contributed by atoms with Crippen LogP contribution in [0.25, 0.3) is 0 Å². The summed E-state index contributed by atoms with van der Waals surface area (Å²) in [4.78, 5) is 2.38. The Labute approximate surface area is 132 Å². The average molecular weight is 327 g/mol. The van der Waals surface area contributed by atoms with Crippen molar-refractivity contribution < 1.29 is 8.42 Å². The molecule has 1 N–H and O–H groups in total. The highest BCUT2D eigenvalue weighted by atomic mass is 32.2. The predicted molar refractivity (Wildman–Crippen MR) is 87.7 cm³/mol. The van der Waals surface area contributed by atoms with Gasteiger partial charge in [0.25, 0.3) is 0 Å². The van der Waals surface area contributed by atoms with Gasteiger partial charge in [-0.05, 0) is 30.8 Å². The first-order valence-electron chi connectivity index (χ1n) is 7.13. The predicted octanol–water partition coefficient (Wildman–Crippen LogP) is 1.28. The molecule has 1 aliphatic heterocycles. The lowest BCUT2D eigenvalue weighted by molar-refractivity contribution is 0.264. The summed E-state index contributed by atoms with van der Waals surface area (Å²) >= 11 is 5.31. The van der Waals surface area contributed by atoms with Crippen LogP contribution in [0.15, 0.2) is 35.2 Å². The third-order valence-electron chi connectivity index (χ3n) is 3.43. The van der Waals surface area contributed by atoms with Crippen molar-refractivity contribution in [2.75, 3.05) is 32.7 Å². The summed E-state index contributed by atoms with van der Waals surface area (Å²) < 4.78 is 26.5. The smallest absolute Gasteiger partial charge is 0.243 e. The van der Waals surface area contributed by atoms with Crippen LogP contribution in [0.1, 0.15) is 13.3 Å². The number of nitrogens with zero attached hydrogens (tertiary/aromatic N) is 2. The number of benzene rings is 1. The Balaban J connectivity index is 1.96. The standard InChI is InChI=1S/C14H21N3O2S2/c1-2-8-15-14(20)16-9-11-17(12-10-16)21(18,19)13-6-4-3-5-7-13/h3-7H,2,8-12H2,1H3,(H,15,20). The van der Waals surface area contributed by atoms with Gasteiger partial charge in [-0.25, -0.2) is 8.42 Å². The third kappa shape index (κ3) is 3.93. The maximum absolute atomic E-state index is 12.5. The molecule has 1 aliphatic rings. The van der Waals surface area contributed by atoms with Crippen molar-refractivity contribution in [2.24, 2.45) is 0 Å². The van der Waals surface area contributed by atoms with E-state index in [9.17, 15) is 8.42 Å². The Kier molecular flexibility index (Phi) is 5.55. The molecule has 0 aromatic heterocycles. The van der Waals surface area contributed by atoms with Gasteiger partial charge in [0.1, 0.15) is 0 Å². The first-order valence-corrected chi connectivity index (χ1v) is 8.98. The quantitative estimate of drug-likeness (QED) is 0.844. The number of piperazine rings is 1. The van der Waals surface area contributed by atoms with Crippen molar-refractivity contribution in [2.45, 2.75) is 18.2 Å². The maximum atomic E-state index is 12.5. The molecule has 0 saturated carbocycles. The summed E-state index contributed by atoms with van der Waals surface area (Å²) in [5.41, 5.74) is 0. The number of thiocarbonyl (C=S) groups is 1. The molecular formula is C14H21N3O2S2. The van der Waals surface area contributed by atoms with Crippen LogP contribution in [-0.2, 0) is 10.0 Å². The minimum Gasteiger partial charge on any atom is -0.363 e. The van der Waals surface area contributed by atoms with Crippen molar-refractivity contribution in [1.29, 1.82) is 0 Å². The van der Waals surface area contributed by atoms with E-state index in [-0.39, 0.29) is 0 Å².